The Labute approximate surface area is 172 Å². The Morgan fingerprint density at radius 3 is 2.83 bits per heavy atom. The number of hydrogen-bond acceptors (Lipinski definition) is 3. The number of nitrogens with zero attached hydrogens (tertiary/aromatic N) is 3. The van der Waals surface area contributed by atoms with Crippen molar-refractivity contribution in [2.24, 2.45) is 0 Å². The van der Waals surface area contributed by atoms with E-state index in [-0.39, 0.29) is 11.9 Å². The van der Waals surface area contributed by atoms with Gasteiger partial charge in [0, 0.05) is 29.4 Å². The van der Waals surface area contributed by atoms with E-state index in [4.69, 9.17) is 0 Å². The van der Waals surface area contributed by atoms with E-state index in [0.717, 1.165) is 53.4 Å². The minimum atomic E-state index is -0.412. The third kappa shape index (κ3) is 3.45. The van der Waals surface area contributed by atoms with Gasteiger partial charge in [-0.25, -0.2) is 8.78 Å². The number of benzene rings is 2. The van der Waals surface area contributed by atoms with Crippen molar-refractivity contribution in [3.8, 4) is 0 Å². The summed E-state index contributed by atoms with van der Waals surface area (Å²) < 4.78 is 28.2. The molecule has 0 amide bonds. The van der Waals surface area contributed by atoms with Crippen molar-refractivity contribution < 1.29 is 8.78 Å². The molecule has 2 aromatic carbocycles. The molecular formula is C24H20F2N4. The van der Waals surface area contributed by atoms with Crippen LogP contribution in [-0.4, -0.2) is 21.7 Å². The van der Waals surface area contributed by atoms with Gasteiger partial charge in [-0.1, -0.05) is 6.07 Å². The lowest BCUT2D eigenvalue weighted by Crippen LogP contribution is -2.23. The number of aromatic nitrogens is 3. The molecule has 4 nitrogen and oxygen atoms in total. The van der Waals surface area contributed by atoms with E-state index in [2.05, 4.69) is 26.1 Å². The monoisotopic (exact) mass is 402 g/mol. The first-order chi connectivity index (χ1) is 14.7. The fourth-order valence-corrected chi connectivity index (χ4v) is 4.14. The molecule has 1 saturated heterocycles. The third-order valence-electron chi connectivity index (χ3n) is 5.58. The first-order valence-corrected chi connectivity index (χ1v) is 9.98. The summed E-state index contributed by atoms with van der Waals surface area (Å²) in [7, 11) is 0. The molecule has 0 radical (unpaired) electrons. The summed E-state index contributed by atoms with van der Waals surface area (Å²) in [5.74, 6) is -0.776. The molecule has 1 aliphatic heterocycles. The lowest BCUT2D eigenvalue weighted by atomic mass is 10.0. The van der Waals surface area contributed by atoms with Gasteiger partial charge in [0.2, 0.25) is 0 Å². The smallest absolute Gasteiger partial charge is 0.128 e. The quantitative estimate of drug-likeness (QED) is 0.473. The maximum atomic E-state index is 14.4. The molecule has 2 aromatic heterocycles. The van der Waals surface area contributed by atoms with Crippen molar-refractivity contribution >= 4 is 28.7 Å². The average molecular weight is 402 g/mol. The molecule has 0 saturated carbocycles. The van der Waals surface area contributed by atoms with Gasteiger partial charge in [0.1, 0.15) is 11.6 Å². The van der Waals surface area contributed by atoms with Gasteiger partial charge in [-0.2, -0.15) is 5.10 Å². The Hall–Kier alpha value is -3.54. The third-order valence-corrected chi connectivity index (χ3v) is 5.58. The van der Waals surface area contributed by atoms with Gasteiger partial charge >= 0.3 is 0 Å². The Morgan fingerprint density at radius 1 is 1.03 bits per heavy atom. The highest BCUT2D eigenvalue weighted by molar-refractivity contribution is 5.91. The molecule has 1 fully saturated rings. The normalized spacial score (nSPS) is 16.7. The molecule has 0 bridgehead atoms. The zero-order valence-corrected chi connectivity index (χ0v) is 16.2. The summed E-state index contributed by atoms with van der Waals surface area (Å²) >= 11 is 0. The molecule has 1 aliphatic rings. The zero-order chi connectivity index (χ0) is 20.5. The van der Waals surface area contributed by atoms with Gasteiger partial charge < -0.3 is 4.90 Å². The van der Waals surface area contributed by atoms with Crippen molar-refractivity contribution in [1.82, 2.24) is 15.2 Å². The van der Waals surface area contributed by atoms with E-state index in [9.17, 15) is 8.78 Å². The molecule has 1 unspecified atom stereocenters. The van der Waals surface area contributed by atoms with Gasteiger partial charge in [0.25, 0.3) is 0 Å². The molecule has 30 heavy (non-hydrogen) atoms. The minimum Gasteiger partial charge on any atom is -0.364 e. The summed E-state index contributed by atoms with van der Waals surface area (Å²) in [4.78, 5) is 6.45. The van der Waals surface area contributed by atoms with Crippen LogP contribution >= 0.6 is 0 Å². The number of pyridine rings is 1. The van der Waals surface area contributed by atoms with Crippen LogP contribution in [0.4, 0.5) is 14.5 Å². The summed E-state index contributed by atoms with van der Waals surface area (Å²) in [5, 5.41) is 8.44. The van der Waals surface area contributed by atoms with E-state index in [1.54, 1.807) is 6.20 Å². The predicted octanol–water partition coefficient (Wildman–Crippen LogP) is 5.75. The van der Waals surface area contributed by atoms with Crippen LogP contribution in [0.15, 0.2) is 60.8 Å². The minimum absolute atomic E-state index is 0.183. The zero-order valence-electron chi connectivity index (χ0n) is 16.2. The van der Waals surface area contributed by atoms with Crippen molar-refractivity contribution in [3.05, 3.63) is 89.4 Å². The fraction of sp³-hybridized carbons (Fsp3) is 0.167. The maximum absolute atomic E-state index is 14.4. The summed E-state index contributed by atoms with van der Waals surface area (Å²) in [6.45, 7) is 0.795. The summed E-state index contributed by atoms with van der Waals surface area (Å²) in [5.41, 5.74) is 3.97. The van der Waals surface area contributed by atoms with E-state index >= 15 is 0 Å². The van der Waals surface area contributed by atoms with Crippen LogP contribution in [0.2, 0.25) is 0 Å². The van der Waals surface area contributed by atoms with Crippen LogP contribution in [0.3, 0.4) is 0 Å². The summed E-state index contributed by atoms with van der Waals surface area (Å²) in [6.07, 6.45) is 7.31. The molecule has 4 aromatic rings. The lowest BCUT2D eigenvalue weighted by Gasteiger charge is -2.27. The van der Waals surface area contributed by atoms with Crippen LogP contribution in [0.5, 0.6) is 0 Å². The SMILES string of the molecule is Fc1ccc(F)c(C2CCCN2c2ccc3[nH]nc(/C=C/c4ccccn4)c3c2)c1. The van der Waals surface area contributed by atoms with Gasteiger partial charge in [0.05, 0.1) is 22.9 Å². The maximum Gasteiger partial charge on any atom is 0.128 e. The van der Waals surface area contributed by atoms with Crippen LogP contribution in [-0.2, 0) is 0 Å². The van der Waals surface area contributed by atoms with E-state index < -0.39 is 5.82 Å². The second kappa shape index (κ2) is 7.71. The van der Waals surface area contributed by atoms with E-state index in [1.165, 1.54) is 12.1 Å². The number of aromatic amines is 1. The molecule has 5 rings (SSSR count). The van der Waals surface area contributed by atoms with Crippen LogP contribution in [0.25, 0.3) is 23.1 Å². The van der Waals surface area contributed by atoms with Crippen LogP contribution < -0.4 is 4.90 Å². The average Bonchev–Trinajstić information content (AvgIpc) is 3.41. The number of rotatable bonds is 4. The van der Waals surface area contributed by atoms with Crippen LogP contribution in [0, 0.1) is 11.6 Å². The molecule has 0 aliphatic carbocycles. The highest BCUT2D eigenvalue weighted by Gasteiger charge is 2.29. The van der Waals surface area contributed by atoms with Gasteiger partial charge in [-0.3, -0.25) is 10.1 Å². The first kappa shape index (κ1) is 18.5. The van der Waals surface area contributed by atoms with Crippen molar-refractivity contribution in [2.45, 2.75) is 18.9 Å². The van der Waals surface area contributed by atoms with Gasteiger partial charge in [-0.15, -0.1) is 0 Å². The van der Waals surface area contributed by atoms with Crippen LogP contribution in [0.1, 0.15) is 35.8 Å². The number of fused-ring (bicyclic) bond motifs is 1. The number of nitrogens with one attached hydrogen (secondary N) is 1. The lowest BCUT2D eigenvalue weighted by molar-refractivity contribution is 0.561. The molecule has 3 heterocycles. The second-order valence-corrected chi connectivity index (χ2v) is 7.44. The Bertz CT molecular complexity index is 1220. The Kier molecular flexibility index (Phi) is 4.75. The molecule has 1 N–H and O–H groups in total. The summed E-state index contributed by atoms with van der Waals surface area (Å²) in [6, 6.07) is 15.3. The highest BCUT2D eigenvalue weighted by atomic mass is 19.1. The molecule has 150 valence electrons. The molecule has 0 spiro atoms. The Morgan fingerprint density at radius 2 is 1.97 bits per heavy atom. The predicted molar refractivity (Wildman–Crippen MR) is 115 cm³/mol. The van der Waals surface area contributed by atoms with Crippen molar-refractivity contribution in [2.75, 3.05) is 11.4 Å². The number of anilines is 1. The van der Waals surface area contributed by atoms with Gasteiger partial charge in [0.15, 0.2) is 0 Å². The van der Waals surface area contributed by atoms with E-state index in [0.29, 0.717) is 5.56 Å². The Balaban J connectivity index is 1.50. The topological polar surface area (TPSA) is 44.8 Å². The van der Waals surface area contributed by atoms with E-state index in [1.807, 2.05) is 42.5 Å². The van der Waals surface area contributed by atoms with Crippen molar-refractivity contribution in [3.63, 3.8) is 0 Å². The highest BCUT2D eigenvalue weighted by Crippen LogP contribution is 2.38. The van der Waals surface area contributed by atoms with Crippen molar-refractivity contribution in [1.29, 1.82) is 0 Å². The molecular weight excluding hydrogens is 382 g/mol. The number of H-pyrrole nitrogens is 1. The molecule has 6 heteroatoms. The number of hydrogen-bond donors (Lipinski definition) is 1. The fourth-order valence-electron chi connectivity index (χ4n) is 4.14. The molecule has 1 atom stereocenters. The number of halogens is 2. The second-order valence-electron chi connectivity index (χ2n) is 7.44. The van der Waals surface area contributed by atoms with Gasteiger partial charge in [-0.05, 0) is 73.5 Å². The standard InChI is InChI=1S/C24H20F2N4/c25-16-6-9-21(26)19(14-16)24-5-3-13-30(24)18-8-11-23-20(15-18)22(28-29-23)10-7-17-4-1-2-12-27-17/h1-2,4,6-12,14-15,24H,3,5,13H2,(H,28,29)/b10-7+. The largest absolute Gasteiger partial charge is 0.364 e. The first-order valence-electron chi connectivity index (χ1n) is 9.98.